The van der Waals surface area contributed by atoms with Crippen LogP contribution in [0.4, 0.5) is 0 Å². The first-order valence-corrected chi connectivity index (χ1v) is 6.07. The van der Waals surface area contributed by atoms with Crippen molar-refractivity contribution >= 4 is 0 Å². The molecule has 0 aliphatic heterocycles. The molecule has 6 heteroatoms. The largest absolute Gasteiger partial charge is 0.497 e. The second-order valence-electron chi connectivity index (χ2n) is 4.18. The predicted molar refractivity (Wildman–Crippen MR) is 73.0 cm³/mol. The fourth-order valence-corrected chi connectivity index (χ4v) is 1.90. The number of nitrogens with zero attached hydrogens (tertiary/aromatic N) is 2. The maximum absolute atomic E-state index is 11.5. The molecule has 0 spiro atoms. The third kappa shape index (κ3) is 2.97. The Hall–Kier alpha value is -2.34. The van der Waals surface area contributed by atoms with Crippen molar-refractivity contribution in [2.45, 2.75) is 12.6 Å². The lowest BCUT2D eigenvalue weighted by Crippen LogP contribution is -2.24. The number of aliphatic hydroxyl groups excluding tert-OH is 1. The van der Waals surface area contributed by atoms with Crippen LogP contribution in [0.2, 0.25) is 0 Å². The van der Waals surface area contributed by atoms with Gasteiger partial charge in [0.05, 0.1) is 20.8 Å². The van der Waals surface area contributed by atoms with Gasteiger partial charge in [0.15, 0.2) is 0 Å². The number of ether oxygens (including phenoxy) is 2. The lowest BCUT2D eigenvalue weighted by Gasteiger charge is -2.16. The van der Waals surface area contributed by atoms with Crippen molar-refractivity contribution in [2.75, 3.05) is 14.2 Å². The van der Waals surface area contributed by atoms with Gasteiger partial charge in [-0.2, -0.15) is 0 Å². The van der Waals surface area contributed by atoms with E-state index in [4.69, 9.17) is 9.47 Å². The number of benzene rings is 1. The fourth-order valence-electron chi connectivity index (χ4n) is 1.90. The average molecular weight is 276 g/mol. The highest BCUT2D eigenvalue weighted by Crippen LogP contribution is 2.29. The van der Waals surface area contributed by atoms with Gasteiger partial charge in [0.2, 0.25) is 0 Å². The molecule has 20 heavy (non-hydrogen) atoms. The van der Waals surface area contributed by atoms with E-state index in [-0.39, 0.29) is 6.54 Å². The Bertz CT molecular complexity index is 639. The SMILES string of the molecule is COc1ccc(C(O)Cn2cccnc2=O)c(OC)c1. The summed E-state index contributed by atoms with van der Waals surface area (Å²) < 4.78 is 11.7. The summed E-state index contributed by atoms with van der Waals surface area (Å²) in [6, 6.07) is 6.76. The van der Waals surface area contributed by atoms with Crippen LogP contribution in [0.1, 0.15) is 11.7 Å². The second kappa shape index (κ2) is 6.21. The minimum absolute atomic E-state index is 0.107. The summed E-state index contributed by atoms with van der Waals surface area (Å²) >= 11 is 0. The quantitative estimate of drug-likeness (QED) is 0.881. The van der Waals surface area contributed by atoms with Gasteiger partial charge < -0.3 is 14.6 Å². The highest BCUT2D eigenvalue weighted by atomic mass is 16.5. The molecule has 0 saturated heterocycles. The molecule has 1 N–H and O–H groups in total. The number of aliphatic hydroxyl groups is 1. The molecule has 2 aromatic rings. The van der Waals surface area contributed by atoms with E-state index in [9.17, 15) is 9.90 Å². The third-order valence-corrected chi connectivity index (χ3v) is 2.95. The van der Waals surface area contributed by atoms with Crippen LogP contribution < -0.4 is 15.2 Å². The number of hydrogen-bond donors (Lipinski definition) is 1. The minimum Gasteiger partial charge on any atom is -0.497 e. The van der Waals surface area contributed by atoms with Crippen LogP contribution in [-0.2, 0) is 6.54 Å². The van der Waals surface area contributed by atoms with Crippen LogP contribution in [-0.4, -0.2) is 28.9 Å². The van der Waals surface area contributed by atoms with Crippen LogP contribution >= 0.6 is 0 Å². The molecule has 0 amide bonds. The molecule has 0 saturated carbocycles. The standard InChI is InChI=1S/C14H16N2O4/c1-19-10-4-5-11(13(8-10)20-2)12(17)9-16-7-3-6-15-14(16)18/h3-8,12,17H,9H2,1-2H3. The zero-order valence-electron chi connectivity index (χ0n) is 11.3. The first-order valence-electron chi connectivity index (χ1n) is 6.07. The molecule has 106 valence electrons. The highest BCUT2D eigenvalue weighted by Gasteiger charge is 2.15. The van der Waals surface area contributed by atoms with E-state index in [1.165, 1.54) is 17.9 Å². The van der Waals surface area contributed by atoms with Crippen molar-refractivity contribution in [1.82, 2.24) is 9.55 Å². The van der Waals surface area contributed by atoms with Crippen molar-refractivity contribution in [2.24, 2.45) is 0 Å². The summed E-state index contributed by atoms with van der Waals surface area (Å²) in [6.07, 6.45) is 2.12. The Morgan fingerprint density at radius 3 is 2.80 bits per heavy atom. The third-order valence-electron chi connectivity index (χ3n) is 2.95. The summed E-state index contributed by atoms with van der Waals surface area (Å²) in [5.74, 6) is 1.14. The van der Waals surface area contributed by atoms with E-state index in [0.29, 0.717) is 17.1 Å². The summed E-state index contributed by atoms with van der Waals surface area (Å²) in [5, 5.41) is 10.3. The monoisotopic (exact) mass is 276 g/mol. The number of hydrogen-bond acceptors (Lipinski definition) is 5. The first-order chi connectivity index (χ1) is 9.65. The molecule has 6 nitrogen and oxygen atoms in total. The topological polar surface area (TPSA) is 73.6 Å². The molecule has 0 bridgehead atoms. The van der Waals surface area contributed by atoms with Crippen molar-refractivity contribution in [3.63, 3.8) is 0 Å². The summed E-state index contributed by atoms with van der Waals surface area (Å²) in [4.78, 5) is 15.2. The molecule has 0 aliphatic rings. The zero-order valence-corrected chi connectivity index (χ0v) is 11.3. The van der Waals surface area contributed by atoms with Crippen LogP contribution in [0.15, 0.2) is 41.5 Å². The average Bonchev–Trinajstić information content (AvgIpc) is 2.48. The lowest BCUT2D eigenvalue weighted by atomic mass is 10.1. The molecule has 0 radical (unpaired) electrons. The number of aromatic nitrogens is 2. The van der Waals surface area contributed by atoms with E-state index in [2.05, 4.69) is 4.98 Å². The van der Waals surface area contributed by atoms with Crippen molar-refractivity contribution < 1.29 is 14.6 Å². The first kappa shape index (κ1) is 14.1. The lowest BCUT2D eigenvalue weighted by molar-refractivity contribution is 0.150. The Labute approximate surface area is 116 Å². The van der Waals surface area contributed by atoms with E-state index >= 15 is 0 Å². The minimum atomic E-state index is -0.877. The van der Waals surface area contributed by atoms with Crippen LogP contribution in [0.3, 0.4) is 0 Å². The highest BCUT2D eigenvalue weighted by molar-refractivity contribution is 5.41. The summed E-state index contributed by atoms with van der Waals surface area (Å²) in [7, 11) is 3.07. The molecule has 0 fully saturated rings. The summed E-state index contributed by atoms with van der Waals surface area (Å²) in [5.41, 5.74) is 0.183. The Kier molecular flexibility index (Phi) is 4.37. The van der Waals surface area contributed by atoms with Gasteiger partial charge in [-0.25, -0.2) is 9.78 Å². The fraction of sp³-hybridized carbons (Fsp3) is 0.286. The van der Waals surface area contributed by atoms with E-state index in [0.717, 1.165) is 0 Å². The van der Waals surface area contributed by atoms with Gasteiger partial charge in [0.1, 0.15) is 17.6 Å². The molecule has 1 atom stereocenters. The summed E-state index contributed by atoms with van der Waals surface area (Å²) in [6.45, 7) is 0.107. The molecular formula is C14H16N2O4. The normalized spacial score (nSPS) is 11.9. The maximum Gasteiger partial charge on any atom is 0.347 e. The van der Waals surface area contributed by atoms with Gasteiger partial charge in [-0.1, -0.05) is 0 Å². The Morgan fingerprint density at radius 2 is 2.15 bits per heavy atom. The van der Waals surface area contributed by atoms with E-state index in [1.54, 1.807) is 37.6 Å². The van der Waals surface area contributed by atoms with Gasteiger partial charge in [-0.05, 0) is 18.2 Å². The Morgan fingerprint density at radius 1 is 1.35 bits per heavy atom. The number of methoxy groups -OCH3 is 2. The van der Waals surface area contributed by atoms with E-state index in [1.807, 2.05) is 0 Å². The molecule has 1 heterocycles. The van der Waals surface area contributed by atoms with Gasteiger partial charge in [0, 0.05) is 24.0 Å². The molecular weight excluding hydrogens is 260 g/mol. The Balaban J connectivity index is 2.27. The number of rotatable bonds is 5. The van der Waals surface area contributed by atoms with Crippen molar-refractivity contribution in [1.29, 1.82) is 0 Å². The van der Waals surface area contributed by atoms with Gasteiger partial charge in [-0.15, -0.1) is 0 Å². The van der Waals surface area contributed by atoms with Crippen LogP contribution in [0.25, 0.3) is 0 Å². The van der Waals surface area contributed by atoms with Crippen LogP contribution in [0, 0.1) is 0 Å². The van der Waals surface area contributed by atoms with Gasteiger partial charge in [0.25, 0.3) is 0 Å². The van der Waals surface area contributed by atoms with E-state index < -0.39 is 11.8 Å². The van der Waals surface area contributed by atoms with Crippen LogP contribution in [0.5, 0.6) is 11.5 Å². The molecule has 1 aromatic heterocycles. The second-order valence-corrected chi connectivity index (χ2v) is 4.18. The molecule has 1 aromatic carbocycles. The van der Waals surface area contributed by atoms with Gasteiger partial charge in [-0.3, -0.25) is 4.57 Å². The smallest absolute Gasteiger partial charge is 0.347 e. The van der Waals surface area contributed by atoms with Gasteiger partial charge >= 0.3 is 5.69 Å². The predicted octanol–water partition coefficient (Wildman–Crippen LogP) is 0.994. The molecule has 2 rings (SSSR count). The molecule has 0 aliphatic carbocycles. The zero-order chi connectivity index (χ0) is 14.5. The maximum atomic E-state index is 11.5. The van der Waals surface area contributed by atoms with Crippen molar-refractivity contribution in [3.05, 3.63) is 52.7 Å². The van der Waals surface area contributed by atoms with Crippen molar-refractivity contribution in [3.8, 4) is 11.5 Å². The molecule has 1 unspecified atom stereocenters.